The number of aromatic nitrogens is 4. The molecule has 31 heavy (non-hydrogen) atoms. The van der Waals surface area contributed by atoms with E-state index in [1.807, 2.05) is 10.9 Å². The minimum absolute atomic E-state index is 0.204. The molecule has 164 valence electrons. The van der Waals surface area contributed by atoms with Crippen LogP contribution in [0.1, 0.15) is 23.7 Å². The van der Waals surface area contributed by atoms with E-state index in [1.54, 1.807) is 36.0 Å². The maximum atomic E-state index is 12.4. The quantitative estimate of drug-likeness (QED) is 0.408. The zero-order valence-corrected chi connectivity index (χ0v) is 19.0. The minimum Gasteiger partial charge on any atom is -0.378 e. The van der Waals surface area contributed by atoms with Crippen molar-refractivity contribution in [1.29, 1.82) is 0 Å². The van der Waals surface area contributed by atoms with Crippen molar-refractivity contribution in [3.05, 3.63) is 41.0 Å². The summed E-state index contributed by atoms with van der Waals surface area (Å²) < 4.78 is 7.32. The lowest BCUT2D eigenvalue weighted by Gasteiger charge is -2.28. The van der Waals surface area contributed by atoms with Gasteiger partial charge in [-0.15, -0.1) is 0 Å². The van der Waals surface area contributed by atoms with Crippen LogP contribution in [-0.2, 0) is 11.3 Å². The Bertz CT molecular complexity index is 1050. The van der Waals surface area contributed by atoms with Gasteiger partial charge in [0.05, 0.1) is 41.9 Å². The number of amides is 1. The van der Waals surface area contributed by atoms with Crippen LogP contribution >= 0.6 is 23.4 Å². The van der Waals surface area contributed by atoms with E-state index in [0.717, 1.165) is 47.3 Å². The van der Waals surface area contributed by atoms with E-state index in [1.165, 1.54) is 0 Å². The molecule has 0 unspecified atom stereocenters. The number of nitrogens with zero attached hydrogens (tertiary/aromatic N) is 5. The largest absolute Gasteiger partial charge is 0.378 e. The summed E-state index contributed by atoms with van der Waals surface area (Å²) in [4.78, 5) is 24.2. The molecule has 1 amide bonds. The Morgan fingerprint density at radius 1 is 1.26 bits per heavy atom. The second-order valence-electron chi connectivity index (χ2n) is 7.12. The number of hydrogen-bond donors (Lipinski definition) is 1. The van der Waals surface area contributed by atoms with Gasteiger partial charge in [-0.3, -0.25) is 4.79 Å². The summed E-state index contributed by atoms with van der Waals surface area (Å²) in [6.07, 6.45) is 2.86. The van der Waals surface area contributed by atoms with Gasteiger partial charge in [0.15, 0.2) is 10.8 Å². The predicted octanol–water partition coefficient (Wildman–Crippen LogP) is 3.25. The molecule has 1 fully saturated rings. The molecule has 0 bridgehead atoms. The lowest BCUT2D eigenvalue weighted by atomic mass is 10.2. The maximum absolute atomic E-state index is 12.4. The predicted molar refractivity (Wildman–Crippen MR) is 123 cm³/mol. The number of hydrogen-bond acceptors (Lipinski definition) is 7. The topological polar surface area (TPSA) is 85.2 Å². The third kappa shape index (κ3) is 5.11. The SMILES string of the molecule is CCCSc1nc(N2CCOCC2)c2cnn(CCNC(=O)c3ccccc3Cl)c2n1. The van der Waals surface area contributed by atoms with E-state index >= 15 is 0 Å². The Balaban J connectivity index is 1.53. The van der Waals surface area contributed by atoms with E-state index in [9.17, 15) is 4.79 Å². The Morgan fingerprint density at radius 2 is 2.06 bits per heavy atom. The molecule has 0 aliphatic carbocycles. The zero-order chi connectivity index (χ0) is 21.6. The Labute approximate surface area is 190 Å². The summed E-state index contributed by atoms with van der Waals surface area (Å²) in [5.74, 6) is 1.65. The highest BCUT2D eigenvalue weighted by Crippen LogP contribution is 2.28. The maximum Gasteiger partial charge on any atom is 0.252 e. The fourth-order valence-corrected chi connectivity index (χ4v) is 4.28. The lowest BCUT2D eigenvalue weighted by molar-refractivity contribution is 0.0952. The average molecular weight is 461 g/mol. The van der Waals surface area contributed by atoms with Gasteiger partial charge in [0.25, 0.3) is 5.91 Å². The first kappa shape index (κ1) is 21.9. The van der Waals surface area contributed by atoms with Crippen molar-refractivity contribution in [2.75, 3.05) is 43.5 Å². The number of fused-ring (bicyclic) bond motifs is 1. The second kappa shape index (κ2) is 10.3. The van der Waals surface area contributed by atoms with E-state index < -0.39 is 0 Å². The molecule has 1 N–H and O–H groups in total. The molecule has 1 aliphatic heterocycles. The van der Waals surface area contributed by atoms with Crippen LogP contribution in [0, 0.1) is 0 Å². The van der Waals surface area contributed by atoms with Gasteiger partial charge >= 0.3 is 0 Å². The number of nitrogens with one attached hydrogen (secondary N) is 1. The average Bonchev–Trinajstić information content (AvgIpc) is 3.21. The molecule has 1 aliphatic rings. The van der Waals surface area contributed by atoms with Crippen LogP contribution in [-0.4, -0.2) is 64.3 Å². The summed E-state index contributed by atoms with van der Waals surface area (Å²) in [7, 11) is 0. The highest BCUT2D eigenvalue weighted by Gasteiger charge is 2.20. The number of carbonyl (C=O) groups is 1. The number of ether oxygens (including phenoxy) is 1. The van der Waals surface area contributed by atoms with E-state index in [4.69, 9.17) is 26.3 Å². The van der Waals surface area contributed by atoms with E-state index in [-0.39, 0.29) is 5.91 Å². The van der Waals surface area contributed by atoms with Gasteiger partial charge in [-0.05, 0) is 18.6 Å². The molecule has 4 rings (SSSR count). The van der Waals surface area contributed by atoms with Crippen molar-refractivity contribution in [2.45, 2.75) is 25.0 Å². The van der Waals surface area contributed by atoms with Gasteiger partial charge in [0.1, 0.15) is 5.82 Å². The molecule has 2 aromatic heterocycles. The van der Waals surface area contributed by atoms with Crippen molar-refractivity contribution < 1.29 is 9.53 Å². The second-order valence-corrected chi connectivity index (χ2v) is 8.59. The van der Waals surface area contributed by atoms with Gasteiger partial charge < -0.3 is 15.0 Å². The summed E-state index contributed by atoms with van der Waals surface area (Å²) >= 11 is 7.76. The molecule has 0 saturated carbocycles. The number of halogens is 1. The molecular formula is C21H25ClN6O2S. The van der Waals surface area contributed by atoms with Crippen molar-refractivity contribution in [3.63, 3.8) is 0 Å². The first-order valence-corrected chi connectivity index (χ1v) is 11.8. The van der Waals surface area contributed by atoms with Gasteiger partial charge in [-0.25, -0.2) is 14.6 Å². The van der Waals surface area contributed by atoms with Crippen LogP contribution in [0.15, 0.2) is 35.6 Å². The molecule has 0 spiro atoms. The lowest BCUT2D eigenvalue weighted by Crippen LogP contribution is -2.37. The van der Waals surface area contributed by atoms with Crippen LogP contribution in [0.2, 0.25) is 5.02 Å². The highest BCUT2D eigenvalue weighted by atomic mass is 35.5. The van der Waals surface area contributed by atoms with Gasteiger partial charge in [0.2, 0.25) is 0 Å². The summed E-state index contributed by atoms with van der Waals surface area (Å²) in [5, 5.41) is 9.54. The van der Waals surface area contributed by atoms with Crippen LogP contribution in [0.4, 0.5) is 5.82 Å². The fourth-order valence-electron chi connectivity index (χ4n) is 3.37. The normalized spacial score (nSPS) is 14.2. The highest BCUT2D eigenvalue weighted by molar-refractivity contribution is 7.99. The van der Waals surface area contributed by atoms with Crippen molar-refractivity contribution in [1.82, 2.24) is 25.1 Å². The number of carbonyl (C=O) groups excluding carboxylic acids is 1. The molecule has 0 atom stereocenters. The first-order valence-electron chi connectivity index (χ1n) is 10.4. The number of benzene rings is 1. The van der Waals surface area contributed by atoms with Crippen molar-refractivity contribution >= 4 is 46.1 Å². The van der Waals surface area contributed by atoms with Crippen LogP contribution in [0.25, 0.3) is 11.0 Å². The summed E-state index contributed by atoms with van der Waals surface area (Å²) in [6, 6.07) is 7.01. The molecule has 1 saturated heterocycles. The summed E-state index contributed by atoms with van der Waals surface area (Å²) in [5.41, 5.74) is 1.24. The Kier molecular flexibility index (Phi) is 7.26. The number of morpholine rings is 1. The third-order valence-electron chi connectivity index (χ3n) is 4.93. The number of rotatable bonds is 8. The Hall–Kier alpha value is -2.36. The molecule has 3 heterocycles. The van der Waals surface area contributed by atoms with Gasteiger partial charge in [0, 0.05) is 25.4 Å². The van der Waals surface area contributed by atoms with Gasteiger partial charge in [-0.1, -0.05) is 42.4 Å². The zero-order valence-electron chi connectivity index (χ0n) is 17.4. The molecule has 10 heteroatoms. The monoisotopic (exact) mass is 460 g/mol. The Morgan fingerprint density at radius 3 is 2.84 bits per heavy atom. The summed E-state index contributed by atoms with van der Waals surface area (Å²) in [6.45, 7) is 6.01. The standard InChI is InChI=1S/C21H25ClN6O2S/c1-2-13-31-21-25-18(27-9-11-30-12-10-27)16-14-24-28(19(16)26-21)8-7-23-20(29)15-5-3-4-6-17(15)22/h3-6,14H,2,7-13H2,1H3,(H,23,29). The molecule has 3 aromatic rings. The molecule has 0 radical (unpaired) electrons. The van der Waals surface area contributed by atoms with Crippen LogP contribution in [0.5, 0.6) is 0 Å². The fraction of sp³-hybridized carbons (Fsp3) is 0.429. The first-order chi connectivity index (χ1) is 15.2. The van der Waals surface area contributed by atoms with E-state index in [2.05, 4.69) is 22.2 Å². The smallest absolute Gasteiger partial charge is 0.252 e. The van der Waals surface area contributed by atoms with Crippen molar-refractivity contribution in [3.8, 4) is 0 Å². The van der Waals surface area contributed by atoms with Crippen LogP contribution in [0.3, 0.4) is 0 Å². The van der Waals surface area contributed by atoms with Crippen LogP contribution < -0.4 is 10.2 Å². The number of anilines is 1. The molecular weight excluding hydrogens is 436 g/mol. The number of thioether (sulfide) groups is 1. The van der Waals surface area contributed by atoms with E-state index in [0.29, 0.717) is 36.9 Å². The van der Waals surface area contributed by atoms with Crippen molar-refractivity contribution in [2.24, 2.45) is 0 Å². The minimum atomic E-state index is -0.204. The molecule has 8 nitrogen and oxygen atoms in total. The third-order valence-corrected chi connectivity index (χ3v) is 6.31. The van der Waals surface area contributed by atoms with Gasteiger partial charge in [-0.2, -0.15) is 5.10 Å². The molecule has 1 aromatic carbocycles.